The van der Waals surface area contributed by atoms with Gasteiger partial charge in [0.15, 0.2) is 5.82 Å². The number of aromatic nitrogens is 2. The third-order valence-electron chi connectivity index (χ3n) is 5.22. The fourth-order valence-corrected chi connectivity index (χ4v) is 3.75. The summed E-state index contributed by atoms with van der Waals surface area (Å²) in [6.45, 7) is 8.79. The van der Waals surface area contributed by atoms with E-state index in [1.165, 1.54) is 6.07 Å². The van der Waals surface area contributed by atoms with Crippen LogP contribution in [0.15, 0.2) is 41.8 Å². The summed E-state index contributed by atoms with van der Waals surface area (Å²) < 4.78 is 14.3. The quantitative estimate of drug-likeness (QED) is 0.811. The van der Waals surface area contributed by atoms with Crippen molar-refractivity contribution in [1.29, 1.82) is 0 Å². The molecule has 0 bridgehead atoms. The lowest BCUT2D eigenvalue weighted by Gasteiger charge is -2.36. The summed E-state index contributed by atoms with van der Waals surface area (Å²) in [6, 6.07) is 6.75. The first kappa shape index (κ1) is 17.9. The fourth-order valence-electron chi connectivity index (χ4n) is 3.75. The van der Waals surface area contributed by atoms with Crippen LogP contribution in [0.3, 0.4) is 0 Å². The second kappa shape index (κ2) is 8.00. The van der Waals surface area contributed by atoms with Crippen LogP contribution in [0.4, 0.5) is 10.2 Å². The first-order valence-electron chi connectivity index (χ1n) is 9.57. The topological polar surface area (TPSA) is 47.9 Å². The van der Waals surface area contributed by atoms with Crippen LogP contribution in [0.5, 0.6) is 0 Å². The van der Waals surface area contributed by atoms with Crippen LogP contribution >= 0.6 is 0 Å². The van der Waals surface area contributed by atoms with Gasteiger partial charge in [-0.25, -0.2) is 9.37 Å². The maximum absolute atomic E-state index is 14.3. The van der Waals surface area contributed by atoms with Crippen molar-refractivity contribution in [2.75, 3.05) is 50.7 Å². The van der Waals surface area contributed by atoms with Gasteiger partial charge < -0.3 is 4.90 Å². The largest absolute Gasteiger partial charge is 0.352 e. The lowest BCUT2D eigenvalue weighted by molar-refractivity contribution is 0.220. The molecule has 1 aromatic carbocycles. The van der Waals surface area contributed by atoms with Gasteiger partial charge in [-0.3, -0.25) is 14.9 Å². The van der Waals surface area contributed by atoms with Crippen molar-refractivity contribution in [2.24, 2.45) is 11.0 Å². The Morgan fingerprint density at radius 2 is 1.85 bits per heavy atom. The summed E-state index contributed by atoms with van der Waals surface area (Å²) in [5.74, 6) is 1.00. The molecule has 2 aromatic rings. The van der Waals surface area contributed by atoms with E-state index in [-0.39, 0.29) is 5.82 Å². The maximum Gasteiger partial charge on any atom is 0.155 e. The molecule has 7 heteroatoms. The smallest absolute Gasteiger partial charge is 0.155 e. The molecule has 0 amide bonds. The third kappa shape index (κ3) is 3.93. The predicted molar refractivity (Wildman–Crippen MR) is 105 cm³/mol. The van der Waals surface area contributed by atoms with E-state index in [1.54, 1.807) is 24.5 Å². The average Bonchev–Trinajstić information content (AvgIpc) is 3.17. The van der Waals surface area contributed by atoms with Gasteiger partial charge in [0, 0.05) is 75.9 Å². The van der Waals surface area contributed by atoms with Gasteiger partial charge in [0.25, 0.3) is 0 Å². The SMILES string of the molecule is CCN1CC(CN2CCN(c3nccnc3-c3ccccc3F)CC2)C=N1. The molecule has 2 aliphatic rings. The van der Waals surface area contributed by atoms with E-state index >= 15 is 0 Å². The van der Waals surface area contributed by atoms with Crippen molar-refractivity contribution in [1.82, 2.24) is 19.9 Å². The van der Waals surface area contributed by atoms with Crippen LogP contribution in [0.2, 0.25) is 0 Å². The van der Waals surface area contributed by atoms with Gasteiger partial charge in [-0.05, 0) is 19.1 Å². The highest BCUT2D eigenvalue weighted by Gasteiger charge is 2.25. The van der Waals surface area contributed by atoms with E-state index < -0.39 is 0 Å². The Hall–Kier alpha value is -2.54. The zero-order chi connectivity index (χ0) is 18.6. The molecule has 1 unspecified atom stereocenters. The van der Waals surface area contributed by atoms with E-state index in [4.69, 9.17) is 0 Å². The summed E-state index contributed by atoms with van der Waals surface area (Å²) in [7, 11) is 0. The zero-order valence-corrected chi connectivity index (χ0v) is 15.6. The highest BCUT2D eigenvalue weighted by atomic mass is 19.1. The number of benzene rings is 1. The normalized spacial score (nSPS) is 20.4. The van der Waals surface area contributed by atoms with Crippen molar-refractivity contribution in [3.05, 3.63) is 42.5 Å². The molecule has 0 aliphatic carbocycles. The highest BCUT2D eigenvalue weighted by molar-refractivity contribution is 5.72. The minimum Gasteiger partial charge on any atom is -0.352 e. The first-order valence-corrected chi connectivity index (χ1v) is 9.57. The number of rotatable bonds is 5. The predicted octanol–water partition coefficient (Wildman–Crippen LogP) is 2.34. The number of anilines is 1. The van der Waals surface area contributed by atoms with Gasteiger partial charge in [-0.2, -0.15) is 5.10 Å². The molecule has 4 rings (SSSR count). The summed E-state index contributed by atoms with van der Waals surface area (Å²) in [5.41, 5.74) is 1.12. The van der Waals surface area contributed by atoms with Crippen molar-refractivity contribution in [3.8, 4) is 11.3 Å². The van der Waals surface area contributed by atoms with E-state index in [0.29, 0.717) is 17.2 Å². The van der Waals surface area contributed by atoms with Crippen LogP contribution in [0.1, 0.15) is 6.92 Å². The van der Waals surface area contributed by atoms with Gasteiger partial charge in [-0.1, -0.05) is 12.1 Å². The molecule has 1 saturated heterocycles. The molecular weight excluding hydrogens is 343 g/mol. The fraction of sp³-hybridized carbons (Fsp3) is 0.450. The number of piperazine rings is 1. The number of hydrogen-bond donors (Lipinski definition) is 0. The molecule has 2 aliphatic heterocycles. The van der Waals surface area contributed by atoms with Gasteiger partial charge in [0.05, 0.1) is 0 Å². The Bertz CT molecular complexity index is 803. The van der Waals surface area contributed by atoms with Gasteiger partial charge in [0.1, 0.15) is 11.5 Å². The molecule has 0 spiro atoms. The lowest BCUT2D eigenvalue weighted by Crippen LogP contribution is -2.48. The van der Waals surface area contributed by atoms with Crippen molar-refractivity contribution < 1.29 is 4.39 Å². The second-order valence-electron chi connectivity index (χ2n) is 7.03. The van der Waals surface area contributed by atoms with E-state index in [1.807, 2.05) is 6.07 Å². The van der Waals surface area contributed by atoms with Crippen LogP contribution in [-0.2, 0) is 0 Å². The highest BCUT2D eigenvalue weighted by Crippen LogP contribution is 2.29. The Balaban J connectivity index is 1.42. The number of hydrogen-bond acceptors (Lipinski definition) is 6. The van der Waals surface area contributed by atoms with Gasteiger partial charge >= 0.3 is 0 Å². The third-order valence-corrected chi connectivity index (χ3v) is 5.22. The molecule has 27 heavy (non-hydrogen) atoms. The molecule has 1 atom stereocenters. The van der Waals surface area contributed by atoms with Crippen molar-refractivity contribution >= 4 is 12.0 Å². The molecule has 3 heterocycles. The van der Waals surface area contributed by atoms with E-state index in [9.17, 15) is 4.39 Å². The molecule has 6 nitrogen and oxygen atoms in total. The summed E-state index contributed by atoms with van der Waals surface area (Å²) in [6.07, 6.45) is 5.38. The lowest BCUT2D eigenvalue weighted by atomic mass is 10.1. The van der Waals surface area contributed by atoms with Gasteiger partial charge in [0.2, 0.25) is 0 Å². The Kier molecular flexibility index (Phi) is 5.29. The van der Waals surface area contributed by atoms with E-state index in [2.05, 4.69) is 43.0 Å². The number of halogens is 1. The van der Waals surface area contributed by atoms with Crippen molar-refractivity contribution in [3.63, 3.8) is 0 Å². The zero-order valence-electron chi connectivity index (χ0n) is 15.6. The molecule has 142 valence electrons. The minimum absolute atomic E-state index is 0.265. The van der Waals surface area contributed by atoms with Crippen LogP contribution in [0.25, 0.3) is 11.3 Å². The first-order chi connectivity index (χ1) is 13.2. The minimum atomic E-state index is -0.265. The Morgan fingerprint density at radius 3 is 2.59 bits per heavy atom. The summed E-state index contributed by atoms with van der Waals surface area (Å²) in [4.78, 5) is 13.6. The van der Waals surface area contributed by atoms with Crippen LogP contribution < -0.4 is 4.90 Å². The second-order valence-corrected chi connectivity index (χ2v) is 7.03. The van der Waals surface area contributed by atoms with Gasteiger partial charge in [-0.15, -0.1) is 0 Å². The summed E-state index contributed by atoms with van der Waals surface area (Å²) in [5, 5.41) is 6.55. The molecule has 1 fully saturated rings. The maximum atomic E-state index is 14.3. The summed E-state index contributed by atoms with van der Waals surface area (Å²) >= 11 is 0. The standard InChI is InChI=1S/C20H25FN6/c1-2-27-15-16(13-24-27)14-25-9-11-26(12-10-25)20-19(22-7-8-23-20)17-5-3-4-6-18(17)21/h3-8,13,16H,2,9-12,14-15H2,1H3. The molecule has 0 radical (unpaired) electrons. The molecule has 0 N–H and O–H groups in total. The Morgan fingerprint density at radius 1 is 1.07 bits per heavy atom. The number of hydrazone groups is 1. The monoisotopic (exact) mass is 368 g/mol. The average molecular weight is 368 g/mol. The van der Waals surface area contributed by atoms with Crippen molar-refractivity contribution in [2.45, 2.75) is 6.92 Å². The molecular formula is C20H25FN6. The number of nitrogens with zero attached hydrogens (tertiary/aromatic N) is 6. The molecule has 0 saturated carbocycles. The molecule has 1 aromatic heterocycles. The van der Waals surface area contributed by atoms with Crippen LogP contribution in [-0.4, -0.2) is 71.9 Å². The van der Waals surface area contributed by atoms with Crippen LogP contribution in [0, 0.1) is 11.7 Å². The van der Waals surface area contributed by atoms with E-state index in [0.717, 1.165) is 51.6 Å². The Labute approximate surface area is 159 Å².